The zero-order valence-electron chi connectivity index (χ0n) is 11.7. The SMILES string of the molecule is O=C(OCc1cn2ccccc2n1)c1ccc(Cl)c([N+](=O)[O-])c1. The third-order valence-corrected chi connectivity index (χ3v) is 3.46. The Kier molecular flexibility index (Phi) is 3.94. The first-order valence-electron chi connectivity index (χ1n) is 6.58. The van der Waals surface area contributed by atoms with E-state index in [4.69, 9.17) is 16.3 Å². The van der Waals surface area contributed by atoms with Crippen molar-refractivity contribution in [3.63, 3.8) is 0 Å². The minimum atomic E-state index is -0.679. The van der Waals surface area contributed by atoms with Gasteiger partial charge >= 0.3 is 5.97 Å². The molecule has 0 saturated carbocycles. The van der Waals surface area contributed by atoms with Gasteiger partial charge in [-0.15, -0.1) is 0 Å². The van der Waals surface area contributed by atoms with Crippen LogP contribution in [0.5, 0.6) is 0 Å². The van der Waals surface area contributed by atoms with Crippen LogP contribution in [-0.4, -0.2) is 20.3 Å². The lowest BCUT2D eigenvalue weighted by molar-refractivity contribution is -0.384. The Balaban J connectivity index is 1.74. The van der Waals surface area contributed by atoms with E-state index in [9.17, 15) is 14.9 Å². The quantitative estimate of drug-likeness (QED) is 0.416. The Morgan fingerprint density at radius 2 is 2.17 bits per heavy atom. The van der Waals surface area contributed by atoms with Crippen LogP contribution in [0.25, 0.3) is 5.65 Å². The van der Waals surface area contributed by atoms with Crippen LogP contribution in [0.1, 0.15) is 16.1 Å². The largest absolute Gasteiger partial charge is 0.456 e. The van der Waals surface area contributed by atoms with E-state index in [1.807, 2.05) is 24.4 Å². The van der Waals surface area contributed by atoms with Crippen LogP contribution in [0.3, 0.4) is 0 Å². The highest BCUT2D eigenvalue weighted by Crippen LogP contribution is 2.25. The summed E-state index contributed by atoms with van der Waals surface area (Å²) in [4.78, 5) is 26.5. The molecule has 7 nitrogen and oxygen atoms in total. The first-order valence-corrected chi connectivity index (χ1v) is 6.96. The van der Waals surface area contributed by atoms with Crippen LogP contribution in [0.2, 0.25) is 5.02 Å². The molecule has 1 aromatic carbocycles. The van der Waals surface area contributed by atoms with Crippen LogP contribution < -0.4 is 0 Å². The predicted molar refractivity (Wildman–Crippen MR) is 82.4 cm³/mol. The van der Waals surface area contributed by atoms with Gasteiger partial charge in [-0.1, -0.05) is 17.7 Å². The standard InChI is InChI=1S/C15H10ClN3O4/c16-12-5-4-10(7-13(12)19(21)22)15(20)23-9-11-8-18-6-2-1-3-14(18)17-11/h1-8H,9H2. The number of benzene rings is 1. The summed E-state index contributed by atoms with van der Waals surface area (Å²) in [5.74, 6) is -0.679. The highest BCUT2D eigenvalue weighted by atomic mass is 35.5. The number of nitrogens with zero attached hydrogens (tertiary/aromatic N) is 3. The highest BCUT2D eigenvalue weighted by molar-refractivity contribution is 6.32. The second kappa shape index (κ2) is 6.05. The van der Waals surface area contributed by atoms with E-state index in [-0.39, 0.29) is 22.9 Å². The number of fused-ring (bicyclic) bond motifs is 1. The van der Waals surface area contributed by atoms with Gasteiger partial charge in [0.15, 0.2) is 0 Å². The first-order chi connectivity index (χ1) is 11.0. The number of halogens is 1. The molecule has 2 aromatic heterocycles. The van der Waals surface area contributed by atoms with Crippen LogP contribution in [0.15, 0.2) is 48.8 Å². The van der Waals surface area contributed by atoms with E-state index < -0.39 is 10.9 Å². The molecule has 3 rings (SSSR count). The fraction of sp³-hybridized carbons (Fsp3) is 0.0667. The van der Waals surface area contributed by atoms with Gasteiger partial charge in [0.2, 0.25) is 0 Å². The van der Waals surface area contributed by atoms with Crippen molar-refractivity contribution in [2.45, 2.75) is 6.61 Å². The molecule has 2 heterocycles. The van der Waals surface area contributed by atoms with Gasteiger partial charge < -0.3 is 9.14 Å². The third-order valence-electron chi connectivity index (χ3n) is 3.14. The first kappa shape index (κ1) is 15.0. The summed E-state index contributed by atoms with van der Waals surface area (Å²) in [5, 5.41) is 10.8. The fourth-order valence-electron chi connectivity index (χ4n) is 2.06. The molecule has 0 aliphatic heterocycles. The molecule has 23 heavy (non-hydrogen) atoms. The fourth-order valence-corrected chi connectivity index (χ4v) is 2.25. The van der Waals surface area contributed by atoms with Crippen molar-refractivity contribution < 1.29 is 14.5 Å². The lowest BCUT2D eigenvalue weighted by atomic mass is 10.2. The van der Waals surface area contributed by atoms with Gasteiger partial charge in [0.25, 0.3) is 5.69 Å². The molecule has 0 unspecified atom stereocenters. The minimum absolute atomic E-state index is 0.0308. The van der Waals surface area contributed by atoms with Gasteiger partial charge in [-0.2, -0.15) is 0 Å². The molecule has 0 atom stereocenters. The number of hydrogen-bond acceptors (Lipinski definition) is 5. The maximum atomic E-state index is 12.0. The number of carbonyl (C=O) groups is 1. The van der Waals surface area contributed by atoms with Crippen LogP contribution >= 0.6 is 11.6 Å². The summed E-state index contributed by atoms with van der Waals surface area (Å²) in [6.45, 7) is -0.0308. The van der Waals surface area contributed by atoms with Crippen molar-refractivity contribution in [1.29, 1.82) is 0 Å². The van der Waals surface area contributed by atoms with Gasteiger partial charge in [0.1, 0.15) is 17.3 Å². The molecule has 3 aromatic rings. The topological polar surface area (TPSA) is 86.7 Å². The van der Waals surface area contributed by atoms with Crippen LogP contribution in [0.4, 0.5) is 5.69 Å². The molecule has 0 spiro atoms. The van der Waals surface area contributed by atoms with Crippen molar-refractivity contribution in [3.8, 4) is 0 Å². The van der Waals surface area contributed by atoms with Crippen molar-refractivity contribution in [3.05, 3.63) is 75.2 Å². The molecule has 0 saturated heterocycles. The van der Waals surface area contributed by atoms with Crippen LogP contribution in [-0.2, 0) is 11.3 Å². The number of imidazole rings is 1. The van der Waals surface area contributed by atoms with Gasteiger partial charge in [-0.05, 0) is 24.3 Å². The smallest absolute Gasteiger partial charge is 0.338 e. The molecule has 0 N–H and O–H groups in total. The molecule has 116 valence electrons. The summed E-state index contributed by atoms with van der Waals surface area (Å²) in [7, 11) is 0. The maximum absolute atomic E-state index is 12.0. The molecule has 0 aliphatic rings. The van der Waals surface area contributed by atoms with Crippen molar-refractivity contribution in [2.75, 3.05) is 0 Å². The number of nitro benzene ring substituents is 1. The summed E-state index contributed by atoms with van der Waals surface area (Å²) in [6.07, 6.45) is 3.57. The van der Waals surface area contributed by atoms with E-state index in [1.54, 1.807) is 10.6 Å². The van der Waals surface area contributed by atoms with Gasteiger partial charge in [-0.3, -0.25) is 10.1 Å². The van der Waals surface area contributed by atoms with Crippen molar-refractivity contribution in [2.24, 2.45) is 0 Å². The molecule has 0 bridgehead atoms. The number of esters is 1. The number of ether oxygens (including phenoxy) is 1. The highest BCUT2D eigenvalue weighted by Gasteiger charge is 2.17. The normalized spacial score (nSPS) is 10.7. The van der Waals surface area contributed by atoms with E-state index in [2.05, 4.69) is 4.98 Å². The number of pyridine rings is 1. The molecule has 8 heteroatoms. The Hall–Kier alpha value is -2.93. The summed E-state index contributed by atoms with van der Waals surface area (Å²) >= 11 is 5.71. The minimum Gasteiger partial charge on any atom is -0.456 e. The van der Waals surface area contributed by atoms with Gasteiger partial charge in [0, 0.05) is 18.5 Å². The summed E-state index contributed by atoms with van der Waals surface area (Å²) in [5.41, 5.74) is 1.03. The zero-order chi connectivity index (χ0) is 16.4. The lowest BCUT2D eigenvalue weighted by Gasteiger charge is -2.03. The number of rotatable bonds is 4. The number of hydrogen-bond donors (Lipinski definition) is 0. The zero-order valence-corrected chi connectivity index (χ0v) is 12.4. The second-order valence-electron chi connectivity index (χ2n) is 4.70. The van der Waals surface area contributed by atoms with Crippen molar-refractivity contribution >= 4 is 28.9 Å². The Bertz CT molecular complexity index is 874. The van der Waals surface area contributed by atoms with Gasteiger partial charge in [-0.25, -0.2) is 9.78 Å². The monoisotopic (exact) mass is 331 g/mol. The van der Waals surface area contributed by atoms with Gasteiger partial charge in [0.05, 0.1) is 16.2 Å². The average molecular weight is 332 g/mol. The number of aromatic nitrogens is 2. The van der Waals surface area contributed by atoms with E-state index >= 15 is 0 Å². The summed E-state index contributed by atoms with van der Waals surface area (Å²) in [6, 6.07) is 9.30. The van der Waals surface area contributed by atoms with E-state index in [0.717, 1.165) is 11.7 Å². The number of carbonyl (C=O) groups excluding carboxylic acids is 1. The Morgan fingerprint density at radius 3 is 2.91 bits per heavy atom. The maximum Gasteiger partial charge on any atom is 0.338 e. The van der Waals surface area contributed by atoms with Crippen LogP contribution in [0, 0.1) is 10.1 Å². The molecule has 0 aliphatic carbocycles. The number of nitro groups is 1. The molecule has 0 amide bonds. The lowest BCUT2D eigenvalue weighted by Crippen LogP contribution is -2.06. The average Bonchev–Trinajstić information content (AvgIpc) is 2.95. The molecule has 0 fully saturated rings. The second-order valence-corrected chi connectivity index (χ2v) is 5.10. The summed E-state index contributed by atoms with van der Waals surface area (Å²) < 4.78 is 6.94. The molecule has 0 radical (unpaired) electrons. The predicted octanol–water partition coefficient (Wildman–Crippen LogP) is 3.25. The van der Waals surface area contributed by atoms with Crippen molar-refractivity contribution in [1.82, 2.24) is 9.38 Å². The Labute approximate surface area is 135 Å². The molecular formula is C15H10ClN3O4. The third kappa shape index (κ3) is 3.14. The van der Waals surface area contributed by atoms with E-state index in [1.165, 1.54) is 12.1 Å². The Morgan fingerprint density at radius 1 is 1.35 bits per heavy atom. The van der Waals surface area contributed by atoms with E-state index in [0.29, 0.717) is 5.69 Å². The molecular weight excluding hydrogens is 322 g/mol.